The summed E-state index contributed by atoms with van der Waals surface area (Å²) in [4.78, 5) is 18.8. The van der Waals surface area contributed by atoms with E-state index in [1.165, 1.54) is 5.00 Å². The zero-order chi connectivity index (χ0) is 15.7. The summed E-state index contributed by atoms with van der Waals surface area (Å²) < 4.78 is 0. The third-order valence-electron chi connectivity index (χ3n) is 4.02. The zero-order valence-electron chi connectivity index (χ0n) is 13.5. The van der Waals surface area contributed by atoms with Gasteiger partial charge in [0.1, 0.15) is 5.00 Å². The van der Waals surface area contributed by atoms with Gasteiger partial charge < -0.3 is 15.5 Å². The molecule has 1 aliphatic rings. The molecule has 6 heteroatoms. The van der Waals surface area contributed by atoms with E-state index in [0.29, 0.717) is 11.7 Å². The van der Waals surface area contributed by atoms with Crippen LogP contribution in [-0.2, 0) is 0 Å². The van der Waals surface area contributed by atoms with Gasteiger partial charge in [-0.2, -0.15) is 0 Å². The molecule has 0 amide bonds. The van der Waals surface area contributed by atoms with Gasteiger partial charge in [-0.3, -0.25) is 4.79 Å². The summed E-state index contributed by atoms with van der Waals surface area (Å²) in [5.74, 6) is 0.143. The van der Waals surface area contributed by atoms with Crippen molar-refractivity contribution in [3.8, 4) is 0 Å². The lowest BCUT2D eigenvalue weighted by atomic mass is 10.1. The standard InChI is InChI=1S/C15H25N3OS2/c1-9(2)12(19)13-11(16)14(20-5)15(21-13)18-7-6-10(8-18)17(3)4/h9-10H,6-8,16H2,1-5H3. The fourth-order valence-electron chi connectivity index (χ4n) is 2.61. The van der Waals surface area contributed by atoms with E-state index in [1.54, 1.807) is 23.1 Å². The number of carbonyl (C=O) groups excluding carboxylic acids is 1. The van der Waals surface area contributed by atoms with E-state index in [0.717, 1.165) is 29.3 Å². The van der Waals surface area contributed by atoms with Crippen molar-refractivity contribution in [1.29, 1.82) is 0 Å². The average molecular weight is 328 g/mol. The van der Waals surface area contributed by atoms with Gasteiger partial charge in [0.15, 0.2) is 5.78 Å². The Hall–Kier alpha value is -0.720. The first-order valence-corrected chi connectivity index (χ1v) is 9.32. The van der Waals surface area contributed by atoms with Crippen molar-refractivity contribution in [3.63, 3.8) is 0 Å². The third-order valence-corrected chi connectivity index (χ3v) is 6.25. The normalized spacial score (nSPS) is 19.0. The van der Waals surface area contributed by atoms with Crippen LogP contribution in [0.1, 0.15) is 29.9 Å². The number of nitrogens with two attached hydrogens (primary N) is 1. The fourth-order valence-corrected chi connectivity index (χ4v) is 4.92. The van der Waals surface area contributed by atoms with Gasteiger partial charge in [-0.15, -0.1) is 23.1 Å². The van der Waals surface area contributed by atoms with Gasteiger partial charge in [-0.25, -0.2) is 0 Å². The lowest BCUT2D eigenvalue weighted by Crippen LogP contribution is -2.31. The Labute approximate surface area is 135 Å². The van der Waals surface area contributed by atoms with Gasteiger partial charge >= 0.3 is 0 Å². The number of anilines is 2. The molecular weight excluding hydrogens is 302 g/mol. The summed E-state index contributed by atoms with van der Waals surface area (Å²) in [6.07, 6.45) is 3.19. The third kappa shape index (κ3) is 3.22. The number of likely N-dealkylation sites (N-methyl/N-ethyl adjacent to an activating group) is 1. The Kier molecular flexibility index (Phi) is 5.22. The van der Waals surface area contributed by atoms with Gasteiger partial charge in [0.2, 0.25) is 0 Å². The van der Waals surface area contributed by atoms with Crippen LogP contribution in [-0.4, -0.2) is 50.2 Å². The number of nitrogens with zero attached hydrogens (tertiary/aromatic N) is 2. The highest BCUT2D eigenvalue weighted by atomic mass is 32.2. The van der Waals surface area contributed by atoms with Gasteiger partial charge in [-0.1, -0.05) is 13.8 Å². The second-order valence-corrected chi connectivity index (χ2v) is 7.87. The topological polar surface area (TPSA) is 49.6 Å². The molecule has 0 radical (unpaired) electrons. The zero-order valence-corrected chi connectivity index (χ0v) is 15.1. The largest absolute Gasteiger partial charge is 0.396 e. The molecule has 21 heavy (non-hydrogen) atoms. The number of hydrogen-bond donors (Lipinski definition) is 1. The average Bonchev–Trinajstić information content (AvgIpc) is 3.02. The molecule has 0 aromatic carbocycles. The smallest absolute Gasteiger partial charge is 0.177 e. The molecular formula is C15H25N3OS2. The van der Waals surface area contributed by atoms with Gasteiger partial charge in [0, 0.05) is 25.0 Å². The van der Waals surface area contributed by atoms with Crippen molar-refractivity contribution in [3.05, 3.63) is 4.88 Å². The van der Waals surface area contributed by atoms with E-state index >= 15 is 0 Å². The van der Waals surface area contributed by atoms with E-state index in [1.807, 2.05) is 20.1 Å². The number of nitrogen functional groups attached to an aromatic ring is 1. The number of thiophene rings is 1. The Morgan fingerprint density at radius 3 is 2.62 bits per heavy atom. The first-order chi connectivity index (χ1) is 9.86. The molecule has 1 unspecified atom stereocenters. The van der Waals surface area contributed by atoms with Crippen LogP contribution >= 0.6 is 23.1 Å². The lowest BCUT2D eigenvalue weighted by molar-refractivity contribution is 0.0944. The highest BCUT2D eigenvalue weighted by Gasteiger charge is 2.30. The number of thioether (sulfide) groups is 1. The van der Waals surface area contributed by atoms with Crippen LogP contribution in [0.4, 0.5) is 10.7 Å². The first-order valence-electron chi connectivity index (χ1n) is 7.28. The van der Waals surface area contributed by atoms with Crippen molar-refractivity contribution >= 4 is 39.6 Å². The minimum atomic E-state index is -0.0124. The molecule has 1 fully saturated rings. The van der Waals surface area contributed by atoms with Crippen molar-refractivity contribution < 1.29 is 4.79 Å². The van der Waals surface area contributed by atoms with Gasteiger partial charge in [0.05, 0.1) is 15.5 Å². The monoisotopic (exact) mass is 327 g/mol. The highest BCUT2D eigenvalue weighted by Crippen LogP contribution is 2.45. The molecule has 2 heterocycles. The van der Waals surface area contributed by atoms with Crippen molar-refractivity contribution in [2.24, 2.45) is 5.92 Å². The Morgan fingerprint density at radius 1 is 1.48 bits per heavy atom. The molecule has 1 aromatic rings. The van der Waals surface area contributed by atoms with Crippen LogP contribution in [0.2, 0.25) is 0 Å². The second kappa shape index (κ2) is 6.58. The SMILES string of the molecule is CSc1c(N2CCC(N(C)C)C2)sc(C(=O)C(C)C)c1N. The predicted octanol–water partition coefficient (Wildman–Crippen LogP) is 3.03. The van der Waals surface area contributed by atoms with Crippen LogP contribution in [0.3, 0.4) is 0 Å². The van der Waals surface area contributed by atoms with Crippen molar-refractivity contribution in [1.82, 2.24) is 4.90 Å². The maximum Gasteiger partial charge on any atom is 0.177 e. The molecule has 0 bridgehead atoms. The molecule has 0 spiro atoms. The number of Topliss-reactive ketones (excluding diaryl/α,β-unsaturated/α-hetero) is 1. The van der Waals surface area contributed by atoms with E-state index in [2.05, 4.69) is 23.9 Å². The molecule has 4 nitrogen and oxygen atoms in total. The minimum absolute atomic E-state index is 0.0124. The predicted molar refractivity (Wildman–Crippen MR) is 94.0 cm³/mol. The van der Waals surface area contributed by atoms with Gasteiger partial charge in [0.25, 0.3) is 0 Å². The molecule has 0 saturated carbocycles. The number of hydrogen-bond acceptors (Lipinski definition) is 6. The Bertz CT molecular complexity index is 525. The summed E-state index contributed by atoms with van der Waals surface area (Å²) in [7, 11) is 4.25. The van der Waals surface area contributed by atoms with E-state index in [4.69, 9.17) is 5.73 Å². The number of carbonyl (C=O) groups is 1. The van der Waals surface area contributed by atoms with Crippen molar-refractivity contribution in [2.75, 3.05) is 44.1 Å². The first kappa shape index (κ1) is 16.6. The Balaban J connectivity index is 2.32. The Morgan fingerprint density at radius 2 is 2.14 bits per heavy atom. The lowest BCUT2D eigenvalue weighted by Gasteiger charge is -2.21. The van der Waals surface area contributed by atoms with Crippen LogP contribution in [0.5, 0.6) is 0 Å². The molecule has 2 rings (SSSR count). The van der Waals surface area contributed by atoms with Crippen LogP contribution in [0, 0.1) is 5.92 Å². The van der Waals surface area contributed by atoms with Crippen LogP contribution < -0.4 is 10.6 Å². The summed E-state index contributed by atoms with van der Waals surface area (Å²) in [5, 5.41) is 1.17. The molecule has 1 saturated heterocycles. The molecule has 1 aliphatic heterocycles. The number of ketones is 1. The van der Waals surface area contributed by atoms with Gasteiger partial charge in [-0.05, 0) is 26.8 Å². The second-order valence-electron chi connectivity index (χ2n) is 6.05. The van der Waals surface area contributed by atoms with Crippen molar-refractivity contribution in [2.45, 2.75) is 31.2 Å². The molecule has 2 N–H and O–H groups in total. The van der Waals surface area contributed by atoms with Crippen LogP contribution in [0.15, 0.2) is 4.90 Å². The quantitative estimate of drug-likeness (QED) is 0.665. The summed E-state index contributed by atoms with van der Waals surface area (Å²) in [6.45, 7) is 5.90. The molecule has 0 aliphatic carbocycles. The maximum absolute atomic E-state index is 12.3. The highest BCUT2D eigenvalue weighted by molar-refractivity contribution is 7.99. The fraction of sp³-hybridized carbons (Fsp3) is 0.667. The van der Waals surface area contributed by atoms with Crippen LogP contribution in [0.25, 0.3) is 0 Å². The van der Waals surface area contributed by atoms with E-state index < -0.39 is 0 Å². The molecule has 1 atom stereocenters. The summed E-state index contributed by atoms with van der Waals surface area (Å²) in [6, 6.07) is 0.576. The molecule has 118 valence electrons. The van der Waals surface area contributed by atoms with E-state index in [9.17, 15) is 4.79 Å². The summed E-state index contributed by atoms with van der Waals surface area (Å²) >= 11 is 3.22. The maximum atomic E-state index is 12.3. The minimum Gasteiger partial charge on any atom is -0.396 e. The molecule has 1 aromatic heterocycles. The summed E-state index contributed by atoms with van der Waals surface area (Å²) in [5.41, 5.74) is 6.92. The van der Waals surface area contributed by atoms with E-state index in [-0.39, 0.29) is 11.7 Å². The number of rotatable bonds is 5.